The Kier molecular flexibility index (Phi) is 12.4. The van der Waals surface area contributed by atoms with Crippen molar-refractivity contribution in [2.45, 2.75) is 38.3 Å². The van der Waals surface area contributed by atoms with E-state index >= 15 is 0 Å². The summed E-state index contributed by atoms with van der Waals surface area (Å²) in [5.41, 5.74) is 4.44. The number of hydrogen-bond donors (Lipinski definition) is 2. The molecule has 0 fully saturated rings. The first-order valence-corrected chi connectivity index (χ1v) is 18.4. The Morgan fingerprint density at radius 3 is 1.87 bits per heavy atom. The average molecular weight is 788 g/mol. The maximum atomic E-state index is 11.2. The Bertz CT molecular complexity index is 2140. The van der Waals surface area contributed by atoms with Gasteiger partial charge in [0.15, 0.2) is 17.0 Å². The van der Waals surface area contributed by atoms with Gasteiger partial charge < -0.3 is 14.6 Å². The Hall–Kier alpha value is -5.20. The molecule has 0 aliphatic rings. The summed E-state index contributed by atoms with van der Waals surface area (Å²) in [5.74, 6) is 1.19. The lowest BCUT2D eigenvalue weighted by Gasteiger charge is -2.34. The topological polar surface area (TPSA) is 119 Å². The van der Waals surface area contributed by atoms with Crippen LogP contribution >= 0.6 is 27.5 Å². The van der Waals surface area contributed by atoms with Crippen LogP contribution < -0.4 is 5.46 Å². The summed E-state index contributed by atoms with van der Waals surface area (Å²) in [6.07, 6.45) is 3.73. The fourth-order valence-electron chi connectivity index (χ4n) is 6.34. The maximum Gasteiger partial charge on any atom is 0.489 e. The summed E-state index contributed by atoms with van der Waals surface area (Å²) in [7, 11) is -1.64. The number of hydrogen-bond acceptors (Lipinski definition) is 7. The highest BCUT2D eigenvalue weighted by atomic mass is 79.9. The number of halogens is 2. The predicted octanol–water partition coefficient (Wildman–Crippen LogP) is 7.36. The van der Waals surface area contributed by atoms with Crippen molar-refractivity contribution in [1.82, 2.24) is 29.8 Å². The fraction of sp³-hybridized carbons (Fsp3) is 0.146. The van der Waals surface area contributed by atoms with Crippen molar-refractivity contribution >= 4 is 46.4 Å². The molecule has 0 amide bonds. The molecule has 0 saturated carbocycles. The van der Waals surface area contributed by atoms with Crippen LogP contribution in [0.25, 0.3) is 11.4 Å². The number of aldehydes is 1. The van der Waals surface area contributed by atoms with Crippen LogP contribution in [0.1, 0.15) is 58.3 Å². The molecule has 0 atom stereocenters. The van der Waals surface area contributed by atoms with Crippen LogP contribution in [0.4, 0.5) is 0 Å². The fourth-order valence-corrected chi connectivity index (χ4v) is 6.85. The SMILES string of the molecule is CCCCc1nc(Cl)c(C=O)n1Cc1ccc(Br)cc1.OB(O)c1ccccc1-c1nnn(C(c2ccccc2)(c2ccccc2)c2ccccc2)n1. The zero-order valence-electron chi connectivity index (χ0n) is 29.0. The number of rotatable bonds is 12. The van der Waals surface area contributed by atoms with Crippen molar-refractivity contribution in [3.8, 4) is 11.4 Å². The zero-order chi connectivity index (χ0) is 37.2. The van der Waals surface area contributed by atoms with Gasteiger partial charge in [-0.15, -0.1) is 15.0 Å². The predicted molar refractivity (Wildman–Crippen MR) is 212 cm³/mol. The molecule has 2 heterocycles. The third kappa shape index (κ3) is 8.24. The van der Waals surface area contributed by atoms with Crippen molar-refractivity contribution in [1.29, 1.82) is 0 Å². The third-order valence-corrected chi connectivity index (χ3v) is 9.74. The van der Waals surface area contributed by atoms with Crippen molar-refractivity contribution in [3.05, 3.63) is 183 Å². The molecule has 0 radical (unpaired) electrons. The van der Waals surface area contributed by atoms with E-state index in [1.165, 1.54) is 0 Å². The summed E-state index contributed by atoms with van der Waals surface area (Å²) in [6, 6.07) is 45.1. The normalized spacial score (nSPS) is 11.1. The minimum Gasteiger partial charge on any atom is -0.423 e. The lowest BCUT2D eigenvalue weighted by molar-refractivity contribution is 0.111. The molecule has 53 heavy (non-hydrogen) atoms. The average Bonchev–Trinajstić information content (AvgIpc) is 3.81. The summed E-state index contributed by atoms with van der Waals surface area (Å²) >= 11 is 9.47. The quantitative estimate of drug-likeness (QED) is 0.0755. The summed E-state index contributed by atoms with van der Waals surface area (Å²) in [6.45, 7) is 2.74. The second-order valence-corrected chi connectivity index (χ2v) is 13.6. The van der Waals surface area contributed by atoms with Crippen LogP contribution in [0.15, 0.2) is 144 Å². The molecule has 5 aromatic carbocycles. The van der Waals surface area contributed by atoms with Gasteiger partial charge in [-0.1, -0.05) is 168 Å². The van der Waals surface area contributed by atoms with Gasteiger partial charge in [0, 0.05) is 23.0 Å². The summed E-state index contributed by atoms with van der Waals surface area (Å²) in [5, 5.41) is 33.6. The highest BCUT2D eigenvalue weighted by Crippen LogP contribution is 2.39. The molecule has 0 spiro atoms. The molecule has 0 aliphatic carbocycles. The minimum absolute atomic E-state index is 0.295. The number of unbranched alkanes of at least 4 members (excludes halogenated alkanes) is 1. The number of carbonyl (C=O) groups is 1. The number of nitrogens with zero attached hydrogens (tertiary/aromatic N) is 6. The van der Waals surface area contributed by atoms with Crippen LogP contribution in [0.3, 0.4) is 0 Å². The Labute approximate surface area is 322 Å². The molecule has 9 nitrogen and oxygen atoms in total. The van der Waals surface area contributed by atoms with E-state index in [-0.39, 0.29) is 0 Å². The molecular formula is C41H37BBrClN6O3. The van der Waals surface area contributed by atoms with E-state index < -0.39 is 12.7 Å². The second-order valence-electron chi connectivity index (χ2n) is 12.3. The highest BCUT2D eigenvalue weighted by molar-refractivity contribution is 9.10. The summed E-state index contributed by atoms with van der Waals surface area (Å²) < 4.78 is 2.94. The molecule has 12 heteroatoms. The monoisotopic (exact) mass is 786 g/mol. The molecule has 2 aromatic heterocycles. The van der Waals surface area contributed by atoms with Crippen LogP contribution in [0.5, 0.6) is 0 Å². The van der Waals surface area contributed by atoms with Crippen LogP contribution in [0, 0.1) is 0 Å². The van der Waals surface area contributed by atoms with Crippen molar-refractivity contribution in [2.75, 3.05) is 0 Å². The van der Waals surface area contributed by atoms with Gasteiger partial charge in [0.25, 0.3) is 0 Å². The number of imidazole rings is 1. The lowest BCUT2D eigenvalue weighted by atomic mass is 9.77. The first kappa shape index (κ1) is 37.6. The van der Waals surface area contributed by atoms with Crippen LogP contribution in [0.2, 0.25) is 5.15 Å². The van der Waals surface area contributed by atoms with Gasteiger partial charge in [0.05, 0.1) is 0 Å². The van der Waals surface area contributed by atoms with Gasteiger partial charge in [-0.2, -0.15) is 0 Å². The second kappa shape index (κ2) is 17.5. The first-order valence-electron chi connectivity index (χ1n) is 17.2. The molecular weight excluding hydrogens is 751 g/mol. The Morgan fingerprint density at radius 1 is 0.792 bits per heavy atom. The van der Waals surface area contributed by atoms with E-state index in [1.54, 1.807) is 29.1 Å². The van der Waals surface area contributed by atoms with E-state index in [2.05, 4.69) is 74.5 Å². The molecule has 7 rings (SSSR count). The maximum absolute atomic E-state index is 11.2. The highest BCUT2D eigenvalue weighted by Gasteiger charge is 2.41. The molecule has 0 bridgehead atoms. The molecule has 266 valence electrons. The number of aryl methyl sites for hydroxylation is 1. The van der Waals surface area contributed by atoms with Crippen LogP contribution in [-0.2, 0) is 18.5 Å². The van der Waals surface area contributed by atoms with Gasteiger partial charge in [0.2, 0.25) is 5.82 Å². The van der Waals surface area contributed by atoms with E-state index in [4.69, 9.17) is 16.7 Å². The van der Waals surface area contributed by atoms with Crippen molar-refractivity contribution in [2.24, 2.45) is 0 Å². The van der Waals surface area contributed by atoms with Gasteiger partial charge in [-0.25, -0.2) is 4.98 Å². The molecule has 0 aliphatic heterocycles. The number of carbonyl (C=O) groups excluding carboxylic acids is 1. The zero-order valence-corrected chi connectivity index (χ0v) is 31.3. The van der Waals surface area contributed by atoms with Gasteiger partial charge in [-0.05, 0) is 51.5 Å². The lowest BCUT2D eigenvalue weighted by Crippen LogP contribution is -2.39. The van der Waals surface area contributed by atoms with Gasteiger partial charge in [0.1, 0.15) is 11.5 Å². The standard InChI is InChI=1S/C26H21BN4O2.C15H16BrClN2O/c32-27(33)24-19-11-10-18-23(24)25-28-30-31(29-25)26(20-12-4-1-5-13-20,21-14-6-2-7-15-21)22-16-8-3-9-17-22;1-2-3-4-14-18-15(17)13(10-20)19(14)9-11-5-7-12(16)8-6-11/h1-19,32-33H;5-8,10H,2-4,9H2,1H3. The van der Waals surface area contributed by atoms with Gasteiger partial charge >= 0.3 is 7.12 Å². The number of tetrazole rings is 1. The number of benzene rings is 5. The van der Waals surface area contributed by atoms with Crippen molar-refractivity contribution in [3.63, 3.8) is 0 Å². The molecule has 2 N–H and O–H groups in total. The van der Waals surface area contributed by atoms with E-state index in [0.29, 0.717) is 34.2 Å². The first-order chi connectivity index (χ1) is 25.9. The largest absolute Gasteiger partial charge is 0.489 e. The van der Waals surface area contributed by atoms with E-state index in [0.717, 1.165) is 58.1 Å². The van der Waals surface area contributed by atoms with E-state index in [9.17, 15) is 14.8 Å². The van der Waals surface area contributed by atoms with Crippen molar-refractivity contribution < 1.29 is 14.8 Å². The summed E-state index contributed by atoms with van der Waals surface area (Å²) in [4.78, 5) is 17.2. The molecule has 0 unspecified atom stereocenters. The Morgan fingerprint density at radius 2 is 1.34 bits per heavy atom. The smallest absolute Gasteiger partial charge is 0.423 e. The minimum atomic E-state index is -1.64. The third-order valence-electron chi connectivity index (χ3n) is 8.93. The van der Waals surface area contributed by atoms with E-state index in [1.807, 2.05) is 83.4 Å². The van der Waals surface area contributed by atoms with Gasteiger partial charge in [-0.3, -0.25) is 4.79 Å². The molecule has 0 saturated heterocycles. The number of aromatic nitrogens is 6. The van der Waals surface area contributed by atoms with Crippen LogP contribution in [-0.4, -0.2) is 53.2 Å². The Balaban J connectivity index is 0.000000206. The molecule has 7 aromatic rings.